The van der Waals surface area contributed by atoms with E-state index in [2.05, 4.69) is 59.6 Å². The number of amides is 1. The molecule has 218 valence electrons. The average molecular weight is 559 g/mol. The van der Waals surface area contributed by atoms with E-state index < -0.39 is 6.29 Å². The highest BCUT2D eigenvalue weighted by molar-refractivity contribution is 5.73. The molecular weight excluding hydrogens is 516 g/mol. The minimum absolute atomic E-state index is 0.0182. The molecule has 7 nitrogen and oxygen atoms in total. The number of carbonyl (C=O) groups excluding carboxylic acids is 1. The molecule has 2 fully saturated rings. The number of hydrogen-bond donors (Lipinski definition) is 2. The Labute approximate surface area is 243 Å². The molecular formula is C34H42N2O5. The number of ether oxygens (including phenoxy) is 3. The Morgan fingerprint density at radius 2 is 1.76 bits per heavy atom. The summed E-state index contributed by atoms with van der Waals surface area (Å²) in [6.07, 6.45) is 1.61. The lowest BCUT2D eigenvalue weighted by atomic mass is 9.89. The van der Waals surface area contributed by atoms with Crippen LogP contribution in [0.1, 0.15) is 61.3 Å². The number of aliphatic hydroxyl groups excluding tert-OH is 1. The summed E-state index contributed by atoms with van der Waals surface area (Å²) < 4.78 is 19.0. The minimum atomic E-state index is -0.523. The van der Waals surface area contributed by atoms with Crippen molar-refractivity contribution in [1.29, 1.82) is 0 Å². The van der Waals surface area contributed by atoms with Gasteiger partial charge in [-0.2, -0.15) is 0 Å². The van der Waals surface area contributed by atoms with Gasteiger partial charge >= 0.3 is 0 Å². The topological polar surface area (TPSA) is 80.3 Å². The monoisotopic (exact) mass is 558 g/mol. The summed E-state index contributed by atoms with van der Waals surface area (Å²) in [7, 11) is 1.77. The molecule has 1 amide bonds. The van der Waals surface area contributed by atoms with Crippen LogP contribution in [0.15, 0.2) is 72.8 Å². The van der Waals surface area contributed by atoms with Gasteiger partial charge in [-0.25, -0.2) is 0 Å². The van der Waals surface area contributed by atoms with Gasteiger partial charge in [0.1, 0.15) is 0 Å². The number of nitrogens with zero attached hydrogens (tertiary/aromatic N) is 1. The number of aliphatic hydroxyl groups is 1. The van der Waals surface area contributed by atoms with Crippen molar-refractivity contribution in [2.24, 2.45) is 5.92 Å². The Morgan fingerprint density at radius 3 is 2.49 bits per heavy atom. The van der Waals surface area contributed by atoms with Crippen LogP contribution in [0.3, 0.4) is 0 Å². The summed E-state index contributed by atoms with van der Waals surface area (Å²) in [6, 6.07) is 25.0. The number of carbonyl (C=O) groups is 1. The normalized spacial score (nSPS) is 24.8. The Morgan fingerprint density at radius 1 is 1.00 bits per heavy atom. The second kappa shape index (κ2) is 13.7. The molecule has 5 rings (SSSR count). The molecule has 7 heteroatoms. The second-order valence-corrected chi connectivity index (χ2v) is 11.3. The van der Waals surface area contributed by atoms with Gasteiger partial charge in [0.15, 0.2) is 6.29 Å². The molecule has 3 aromatic carbocycles. The molecule has 2 heterocycles. The predicted octanol–water partition coefficient (Wildman–Crippen LogP) is 5.38. The van der Waals surface area contributed by atoms with E-state index in [4.69, 9.17) is 14.2 Å². The molecule has 0 aliphatic carbocycles. The van der Waals surface area contributed by atoms with Crippen LogP contribution >= 0.6 is 0 Å². The zero-order valence-electron chi connectivity index (χ0n) is 24.3. The molecule has 0 saturated carbocycles. The Kier molecular flexibility index (Phi) is 9.85. The molecule has 41 heavy (non-hydrogen) atoms. The maximum atomic E-state index is 11.4. The van der Waals surface area contributed by atoms with Gasteiger partial charge in [-0.1, -0.05) is 67.6 Å². The maximum Gasteiger partial charge on any atom is 0.217 e. The molecule has 2 saturated heterocycles. The molecule has 0 bridgehead atoms. The number of nitrogens with one attached hydrogen (secondary N) is 1. The molecule has 2 N–H and O–H groups in total. The quantitative estimate of drug-likeness (QED) is 0.348. The average Bonchev–Trinajstić information content (AvgIpc) is 3.44. The van der Waals surface area contributed by atoms with Crippen LogP contribution in [0, 0.1) is 5.92 Å². The third kappa shape index (κ3) is 7.23. The first-order valence-corrected chi connectivity index (χ1v) is 14.6. The lowest BCUT2D eigenvalue weighted by molar-refractivity contribution is -0.276. The van der Waals surface area contributed by atoms with E-state index in [1.165, 1.54) is 13.3 Å². The first-order chi connectivity index (χ1) is 19.9. The first kappa shape index (κ1) is 29.4. The molecule has 0 spiro atoms. The molecule has 0 aromatic heterocycles. The van der Waals surface area contributed by atoms with Gasteiger partial charge in [-0.15, -0.1) is 0 Å². The van der Waals surface area contributed by atoms with Crippen LogP contribution in [0.25, 0.3) is 11.1 Å². The van der Waals surface area contributed by atoms with E-state index in [1.807, 2.05) is 30.3 Å². The molecule has 2 aliphatic heterocycles. The minimum Gasteiger partial charge on any atom is -0.392 e. The highest BCUT2D eigenvalue weighted by atomic mass is 16.7. The van der Waals surface area contributed by atoms with E-state index in [1.54, 1.807) is 7.11 Å². The van der Waals surface area contributed by atoms with Crippen molar-refractivity contribution in [3.63, 3.8) is 0 Å². The third-order valence-corrected chi connectivity index (χ3v) is 8.36. The van der Waals surface area contributed by atoms with E-state index in [9.17, 15) is 9.90 Å². The van der Waals surface area contributed by atoms with Crippen molar-refractivity contribution in [3.05, 3.63) is 95.1 Å². The van der Waals surface area contributed by atoms with Crippen LogP contribution in [-0.4, -0.2) is 54.9 Å². The number of hydrogen-bond acceptors (Lipinski definition) is 6. The van der Waals surface area contributed by atoms with Gasteiger partial charge in [0.2, 0.25) is 5.91 Å². The zero-order valence-corrected chi connectivity index (χ0v) is 24.3. The standard InChI is InChI=1S/C34H42N2O5/c1-23-32(20-36-16-6-11-31(36)22-39-3)40-34(41-33(23)27-14-12-25(21-37)13-15-27)30-10-5-9-29(18-30)28-8-4-7-26(17-28)19-35-24(2)38/h4-5,7-10,12-15,17-18,23,31-34,37H,6,11,16,19-22H2,1-3H3,(H,35,38)/t23-,31+,32+,33+,34+/m1/s1. The molecule has 2 aliphatic rings. The fourth-order valence-electron chi connectivity index (χ4n) is 6.03. The van der Waals surface area contributed by atoms with Crippen molar-refractivity contribution >= 4 is 5.91 Å². The molecule has 0 radical (unpaired) electrons. The van der Waals surface area contributed by atoms with Crippen LogP contribution < -0.4 is 5.32 Å². The number of likely N-dealkylation sites (tertiary alicyclic amines) is 1. The van der Waals surface area contributed by atoms with E-state index in [0.717, 1.165) is 59.5 Å². The van der Waals surface area contributed by atoms with Gasteiger partial charge in [0, 0.05) is 44.6 Å². The highest BCUT2D eigenvalue weighted by Crippen LogP contribution is 2.43. The lowest BCUT2D eigenvalue weighted by Gasteiger charge is -2.43. The van der Waals surface area contributed by atoms with Gasteiger partial charge < -0.3 is 24.6 Å². The molecule has 0 unspecified atom stereocenters. The third-order valence-electron chi connectivity index (χ3n) is 8.36. The summed E-state index contributed by atoms with van der Waals surface area (Å²) in [4.78, 5) is 13.9. The number of benzene rings is 3. The Balaban J connectivity index is 1.42. The van der Waals surface area contributed by atoms with Crippen molar-refractivity contribution in [3.8, 4) is 11.1 Å². The Hall–Kier alpha value is -3.07. The van der Waals surface area contributed by atoms with Crippen LogP contribution in [0.4, 0.5) is 0 Å². The maximum absolute atomic E-state index is 11.4. The fraction of sp³-hybridized carbons (Fsp3) is 0.441. The van der Waals surface area contributed by atoms with Crippen LogP contribution in [0.5, 0.6) is 0 Å². The summed E-state index contributed by atoms with van der Waals surface area (Å²) in [6.45, 7) is 6.86. The predicted molar refractivity (Wildman–Crippen MR) is 159 cm³/mol. The first-order valence-electron chi connectivity index (χ1n) is 14.6. The van der Waals surface area contributed by atoms with Crippen LogP contribution in [0.2, 0.25) is 0 Å². The van der Waals surface area contributed by atoms with Crippen molar-refractivity contribution in [1.82, 2.24) is 10.2 Å². The SMILES string of the molecule is COC[C@@H]1CCCN1C[C@@H]1O[C@H](c2cccc(-c3cccc(CNC(C)=O)c3)c2)O[C@H](c2ccc(CO)cc2)[C@@H]1C. The van der Waals surface area contributed by atoms with Crippen LogP contribution in [-0.2, 0) is 32.2 Å². The van der Waals surface area contributed by atoms with E-state index in [-0.39, 0.29) is 30.6 Å². The largest absolute Gasteiger partial charge is 0.392 e. The summed E-state index contributed by atoms with van der Waals surface area (Å²) in [5.41, 5.74) is 6.13. The van der Waals surface area contributed by atoms with Crippen molar-refractivity contribution in [2.45, 2.75) is 64.4 Å². The smallest absolute Gasteiger partial charge is 0.217 e. The lowest BCUT2D eigenvalue weighted by Crippen LogP contribution is -2.46. The zero-order chi connectivity index (χ0) is 28.8. The van der Waals surface area contributed by atoms with Gasteiger partial charge in [-0.3, -0.25) is 9.69 Å². The molecule has 5 atom stereocenters. The fourth-order valence-corrected chi connectivity index (χ4v) is 6.03. The van der Waals surface area contributed by atoms with Gasteiger partial charge in [-0.05, 0) is 59.3 Å². The second-order valence-electron chi connectivity index (χ2n) is 11.3. The molecule has 3 aromatic rings. The van der Waals surface area contributed by atoms with E-state index in [0.29, 0.717) is 12.6 Å². The van der Waals surface area contributed by atoms with Crippen molar-refractivity contribution in [2.75, 3.05) is 26.8 Å². The Bertz CT molecular complexity index is 1300. The number of rotatable bonds is 10. The van der Waals surface area contributed by atoms with Crippen molar-refractivity contribution < 1.29 is 24.1 Å². The van der Waals surface area contributed by atoms with Gasteiger partial charge in [0.25, 0.3) is 0 Å². The summed E-state index contributed by atoms with van der Waals surface area (Å²) in [5.74, 6) is 0.0828. The highest BCUT2D eigenvalue weighted by Gasteiger charge is 2.40. The van der Waals surface area contributed by atoms with Gasteiger partial charge in [0.05, 0.1) is 25.4 Å². The van der Waals surface area contributed by atoms with E-state index >= 15 is 0 Å². The number of methoxy groups -OCH3 is 1. The summed E-state index contributed by atoms with van der Waals surface area (Å²) in [5, 5.41) is 12.4. The summed E-state index contributed by atoms with van der Waals surface area (Å²) >= 11 is 0.